The first-order valence-electron chi connectivity index (χ1n) is 11.5. The molecule has 176 valence electrons. The van der Waals surface area contributed by atoms with E-state index in [1.807, 2.05) is 77.1 Å². The number of allylic oxidation sites excluding steroid dienone is 1. The molecular weight excluding hydrogens is 426 g/mol. The van der Waals surface area contributed by atoms with E-state index in [1.165, 1.54) is 0 Å². The Morgan fingerprint density at radius 3 is 2.59 bits per heavy atom. The molecule has 0 saturated heterocycles. The minimum Gasteiger partial charge on any atom is -0.493 e. The fraction of sp³-hybridized carbons (Fsp3) is 0.310. The second-order valence-electron chi connectivity index (χ2n) is 9.56. The summed E-state index contributed by atoms with van der Waals surface area (Å²) in [6.45, 7) is 14.0. The average molecular weight is 458 g/mol. The predicted molar refractivity (Wildman–Crippen MR) is 138 cm³/mol. The lowest BCUT2D eigenvalue weighted by Crippen LogP contribution is -2.28. The summed E-state index contributed by atoms with van der Waals surface area (Å²) in [4.78, 5) is 17.0. The number of hydrogen-bond donors (Lipinski definition) is 1. The zero-order chi connectivity index (χ0) is 24.6. The summed E-state index contributed by atoms with van der Waals surface area (Å²) < 4.78 is 12.1. The predicted octanol–water partition coefficient (Wildman–Crippen LogP) is 7.27. The standard InChI is InChI=1S/C29H31NO4/c1-7-18-14-15-33-22-13-12-21(26(30-6)24(18)22)25-20-11-9-8-10-19(20)16-17(2)23(25)27(28(31)32)34-29(3,4)5/h7-13,16,27H,6,14-15H2,1-5H3,(H,31,32)/b18-7-/t27-/m0/s1. The van der Waals surface area contributed by atoms with Crippen LogP contribution in [0.2, 0.25) is 0 Å². The molecule has 0 unspecified atom stereocenters. The van der Waals surface area contributed by atoms with E-state index in [9.17, 15) is 9.90 Å². The van der Waals surface area contributed by atoms with Crippen molar-refractivity contribution in [1.29, 1.82) is 0 Å². The van der Waals surface area contributed by atoms with Gasteiger partial charge in [0.05, 0.1) is 17.9 Å². The Kier molecular flexibility index (Phi) is 6.32. The monoisotopic (exact) mass is 457 g/mol. The van der Waals surface area contributed by atoms with Gasteiger partial charge in [-0.2, -0.15) is 0 Å². The normalized spacial score (nSPS) is 15.6. The minimum absolute atomic E-state index is 0.613. The van der Waals surface area contributed by atoms with E-state index >= 15 is 0 Å². The Morgan fingerprint density at radius 2 is 1.94 bits per heavy atom. The van der Waals surface area contributed by atoms with Gasteiger partial charge in [0.2, 0.25) is 0 Å². The molecule has 1 aliphatic rings. The van der Waals surface area contributed by atoms with Crippen molar-refractivity contribution in [1.82, 2.24) is 0 Å². The highest BCUT2D eigenvalue weighted by molar-refractivity contribution is 6.05. The summed E-state index contributed by atoms with van der Waals surface area (Å²) in [6.07, 6.45) is 1.71. The Labute approximate surface area is 200 Å². The molecule has 0 bridgehead atoms. The molecule has 34 heavy (non-hydrogen) atoms. The van der Waals surface area contributed by atoms with Gasteiger partial charge in [-0.05, 0) is 80.9 Å². The number of fused-ring (bicyclic) bond motifs is 2. The van der Waals surface area contributed by atoms with Gasteiger partial charge in [-0.15, -0.1) is 0 Å². The molecule has 0 radical (unpaired) electrons. The molecule has 5 heteroatoms. The van der Waals surface area contributed by atoms with Crippen LogP contribution in [0.1, 0.15) is 56.9 Å². The highest BCUT2D eigenvalue weighted by atomic mass is 16.5. The summed E-state index contributed by atoms with van der Waals surface area (Å²) in [5.74, 6) is -0.261. The van der Waals surface area contributed by atoms with Crippen LogP contribution in [0.25, 0.3) is 27.5 Å². The number of rotatable bonds is 5. The van der Waals surface area contributed by atoms with Crippen molar-refractivity contribution in [2.45, 2.75) is 52.7 Å². The van der Waals surface area contributed by atoms with Crippen molar-refractivity contribution in [2.24, 2.45) is 4.99 Å². The highest BCUT2D eigenvalue weighted by Gasteiger charge is 2.33. The molecule has 4 rings (SSSR count). The van der Waals surface area contributed by atoms with Gasteiger partial charge in [-0.25, -0.2) is 4.79 Å². The third-order valence-corrected chi connectivity index (χ3v) is 6.12. The number of benzene rings is 3. The van der Waals surface area contributed by atoms with Gasteiger partial charge in [-0.1, -0.05) is 36.4 Å². The second kappa shape index (κ2) is 9.07. The first-order chi connectivity index (χ1) is 16.2. The first kappa shape index (κ1) is 23.7. The number of hydrogen-bond acceptors (Lipinski definition) is 4. The van der Waals surface area contributed by atoms with Crippen molar-refractivity contribution in [2.75, 3.05) is 6.61 Å². The largest absolute Gasteiger partial charge is 0.493 e. The van der Waals surface area contributed by atoms with Gasteiger partial charge in [-0.3, -0.25) is 4.99 Å². The van der Waals surface area contributed by atoms with Crippen molar-refractivity contribution >= 4 is 34.7 Å². The Bertz CT molecular complexity index is 1310. The summed E-state index contributed by atoms with van der Waals surface area (Å²) in [5.41, 5.74) is 5.20. The van der Waals surface area contributed by atoms with Crippen LogP contribution in [0.4, 0.5) is 5.69 Å². The number of carbonyl (C=O) groups is 1. The molecule has 1 N–H and O–H groups in total. The Hall–Kier alpha value is -3.44. The molecule has 0 amide bonds. The maximum atomic E-state index is 12.5. The number of aliphatic imine (C=N–C) groups is 1. The van der Waals surface area contributed by atoms with Gasteiger partial charge in [0.25, 0.3) is 0 Å². The molecule has 0 aromatic heterocycles. The zero-order valence-corrected chi connectivity index (χ0v) is 20.4. The van der Waals surface area contributed by atoms with Crippen molar-refractivity contribution in [3.63, 3.8) is 0 Å². The number of carboxylic acids is 1. The Morgan fingerprint density at radius 1 is 1.21 bits per heavy atom. The van der Waals surface area contributed by atoms with E-state index < -0.39 is 17.7 Å². The SMILES string of the molecule is C=Nc1c(-c2c([C@H](OC(C)(C)C)C(=O)O)c(C)cc3ccccc23)ccc2c1/C(=C\C)CCO2. The average Bonchev–Trinajstić information content (AvgIpc) is 2.80. The number of ether oxygens (including phenoxy) is 2. The minimum atomic E-state index is -1.15. The molecule has 0 spiro atoms. The smallest absolute Gasteiger partial charge is 0.337 e. The van der Waals surface area contributed by atoms with Crippen LogP contribution in [0.5, 0.6) is 5.75 Å². The zero-order valence-electron chi connectivity index (χ0n) is 20.4. The summed E-state index contributed by atoms with van der Waals surface area (Å²) in [7, 11) is 0. The van der Waals surface area contributed by atoms with E-state index in [2.05, 4.69) is 17.8 Å². The fourth-order valence-electron chi connectivity index (χ4n) is 4.77. The molecule has 0 fully saturated rings. The maximum absolute atomic E-state index is 12.5. The van der Waals surface area contributed by atoms with Crippen LogP contribution in [-0.4, -0.2) is 30.0 Å². The third kappa shape index (κ3) is 4.24. The lowest BCUT2D eigenvalue weighted by atomic mass is 9.84. The second-order valence-corrected chi connectivity index (χ2v) is 9.56. The van der Waals surface area contributed by atoms with Crippen LogP contribution >= 0.6 is 0 Å². The van der Waals surface area contributed by atoms with Gasteiger partial charge in [0, 0.05) is 23.1 Å². The molecule has 1 aliphatic heterocycles. The molecule has 0 aliphatic carbocycles. The molecule has 0 saturated carbocycles. The quantitative estimate of drug-likeness (QED) is 0.409. The van der Waals surface area contributed by atoms with Crippen molar-refractivity contribution < 1.29 is 19.4 Å². The van der Waals surface area contributed by atoms with Gasteiger partial charge < -0.3 is 14.6 Å². The lowest BCUT2D eigenvalue weighted by molar-refractivity contribution is -0.160. The lowest BCUT2D eigenvalue weighted by Gasteiger charge is -2.29. The Balaban J connectivity index is 2.14. The van der Waals surface area contributed by atoms with Gasteiger partial charge in [0.15, 0.2) is 6.10 Å². The van der Waals surface area contributed by atoms with E-state index in [4.69, 9.17) is 9.47 Å². The van der Waals surface area contributed by atoms with E-state index in [1.54, 1.807) is 0 Å². The highest BCUT2D eigenvalue weighted by Crippen LogP contribution is 2.49. The summed E-state index contributed by atoms with van der Waals surface area (Å²) >= 11 is 0. The van der Waals surface area contributed by atoms with Gasteiger partial charge >= 0.3 is 5.97 Å². The van der Waals surface area contributed by atoms with Gasteiger partial charge in [0.1, 0.15) is 5.75 Å². The fourth-order valence-corrected chi connectivity index (χ4v) is 4.77. The molecule has 5 nitrogen and oxygen atoms in total. The van der Waals surface area contributed by atoms with Crippen molar-refractivity contribution in [3.05, 3.63) is 65.2 Å². The van der Waals surface area contributed by atoms with Crippen LogP contribution < -0.4 is 4.74 Å². The van der Waals surface area contributed by atoms with Crippen LogP contribution in [0.3, 0.4) is 0 Å². The van der Waals surface area contributed by atoms with Crippen LogP contribution in [-0.2, 0) is 9.53 Å². The van der Waals surface area contributed by atoms with E-state index in [0.717, 1.165) is 50.8 Å². The molecule has 3 aromatic rings. The molecule has 1 atom stereocenters. The summed E-state index contributed by atoms with van der Waals surface area (Å²) in [6, 6.07) is 13.9. The third-order valence-electron chi connectivity index (χ3n) is 6.12. The number of aryl methyl sites for hydroxylation is 1. The molecule has 1 heterocycles. The number of nitrogens with zero attached hydrogens (tertiary/aromatic N) is 1. The van der Waals surface area contributed by atoms with E-state index in [-0.39, 0.29) is 0 Å². The van der Waals surface area contributed by atoms with E-state index in [0.29, 0.717) is 17.9 Å². The van der Waals surface area contributed by atoms with Crippen LogP contribution in [0, 0.1) is 6.92 Å². The molecule has 3 aromatic carbocycles. The number of carboxylic acid groups (broad SMARTS) is 1. The maximum Gasteiger partial charge on any atom is 0.337 e. The summed E-state index contributed by atoms with van der Waals surface area (Å²) in [5, 5.41) is 12.2. The van der Waals surface area contributed by atoms with Crippen LogP contribution in [0.15, 0.2) is 53.5 Å². The topological polar surface area (TPSA) is 68.1 Å². The van der Waals surface area contributed by atoms with Crippen molar-refractivity contribution in [3.8, 4) is 16.9 Å². The molecular formula is C29H31NO4. The first-order valence-corrected chi connectivity index (χ1v) is 11.5. The number of aliphatic carboxylic acids is 1.